The second kappa shape index (κ2) is 8.39. The Hall–Kier alpha value is -3.00. The predicted molar refractivity (Wildman–Crippen MR) is 116 cm³/mol. The summed E-state index contributed by atoms with van der Waals surface area (Å²) in [6.07, 6.45) is 6.76. The second-order valence-corrected chi connectivity index (χ2v) is 8.03. The minimum atomic E-state index is 0.273. The smallest absolute Gasteiger partial charge is 0.236 e. The molecule has 5 rings (SSSR count). The van der Waals surface area contributed by atoms with E-state index in [4.69, 9.17) is 0 Å². The van der Waals surface area contributed by atoms with Gasteiger partial charge >= 0.3 is 0 Å². The maximum atomic E-state index is 12.5. The number of rotatable bonds is 4. The van der Waals surface area contributed by atoms with Gasteiger partial charge in [-0.2, -0.15) is 5.10 Å². The van der Waals surface area contributed by atoms with Crippen molar-refractivity contribution in [1.29, 1.82) is 0 Å². The fourth-order valence-corrected chi connectivity index (χ4v) is 4.44. The van der Waals surface area contributed by atoms with Gasteiger partial charge in [-0.1, -0.05) is 18.2 Å². The fraction of sp³-hybridized carbons (Fsp3) is 0.455. The molecule has 2 fully saturated rings. The van der Waals surface area contributed by atoms with Gasteiger partial charge in [0.05, 0.1) is 23.8 Å². The third-order valence-corrected chi connectivity index (χ3v) is 6.05. The molecule has 2 saturated heterocycles. The predicted octanol–water partition coefficient (Wildman–Crippen LogP) is 1.95. The SMILES string of the molecule is O=C(CN1CCCN(c2ncnc3c2cnn3-c2ccccc2)CC1)N1CCCC1. The van der Waals surface area contributed by atoms with Gasteiger partial charge in [-0.05, 0) is 31.4 Å². The Morgan fingerprint density at radius 1 is 0.900 bits per heavy atom. The highest BCUT2D eigenvalue weighted by Crippen LogP contribution is 2.25. The topological polar surface area (TPSA) is 70.4 Å². The van der Waals surface area contributed by atoms with Gasteiger partial charge in [0.25, 0.3) is 0 Å². The van der Waals surface area contributed by atoms with E-state index in [1.807, 2.05) is 46.1 Å². The van der Waals surface area contributed by atoms with Crippen molar-refractivity contribution in [1.82, 2.24) is 29.5 Å². The van der Waals surface area contributed by atoms with Crippen LogP contribution in [0.3, 0.4) is 0 Å². The van der Waals surface area contributed by atoms with E-state index in [2.05, 4.69) is 24.9 Å². The number of hydrogen-bond acceptors (Lipinski definition) is 6. The van der Waals surface area contributed by atoms with Gasteiger partial charge in [-0.25, -0.2) is 14.6 Å². The molecule has 0 atom stereocenters. The van der Waals surface area contributed by atoms with Crippen molar-refractivity contribution in [3.8, 4) is 5.69 Å². The highest BCUT2D eigenvalue weighted by molar-refractivity contribution is 5.87. The molecule has 2 aliphatic rings. The minimum absolute atomic E-state index is 0.273. The molecular weight excluding hydrogens is 378 g/mol. The van der Waals surface area contributed by atoms with Gasteiger partial charge in [0, 0.05) is 39.3 Å². The molecule has 4 heterocycles. The van der Waals surface area contributed by atoms with Crippen LogP contribution in [0.4, 0.5) is 5.82 Å². The summed E-state index contributed by atoms with van der Waals surface area (Å²) in [5, 5.41) is 5.53. The molecule has 0 aliphatic carbocycles. The number of amides is 1. The molecule has 0 unspecified atom stereocenters. The summed E-state index contributed by atoms with van der Waals surface area (Å²) in [6, 6.07) is 10.0. The lowest BCUT2D eigenvalue weighted by atomic mass is 10.3. The van der Waals surface area contributed by atoms with Crippen LogP contribution in [0.15, 0.2) is 42.9 Å². The molecule has 156 valence electrons. The van der Waals surface area contributed by atoms with E-state index in [0.717, 1.165) is 81.1 Å². The van der Waals surface area contributed by atoms with E-state index in [0.29, 0.717) is 6.54 Å². The molecule has 8 heteroatoms. The van der Waals surface area contributed by atoms with Crippen LogP contribution < -0.4 is 4.90 Å². The van der Waals surface area contributed by atoms with Gasteiger partial charge in [0.15, 0.2) is 5.65 Å². The zero-order valence-electron chi connectivity index (χ0n) is 17.2. The number of hydrogen-bond donors (Lipinski definition) is 0. The lowest BCUT2D eigenvalue weighted by Crippen LogP contribution is -2.40. The minimum Gasteiger partial charge on any atom is -0.355 e. The Bertz CT molecular complexity index is 1010. The van der Waals surface area contributed by atoms with E-state index < -0.39 is 0 Å². The Kier molecular flexibility index (Phi) is 5.31. The van der Waals surface area contributed by atoms with Crippen LogP contribution in [0.25, 0.3) is 16.7 Å². The van der Waals surface area contributed by atoms with E-state index in [9.17, 15) is 4.79 Å². The first kappa shape index (κ1) is 19.0. The number of carbonyl (C=O) groups excluding carboxylic acids is 1. The first-order chi connectivity index (χ1) is 14.8. The Morgan fingerprint density at radius 2 is 1.73 bits per heavy atom. The van der Waals surface area contributed by atoms with Crippen molar-refractivity contribution < 1.29 is 4.79 Å². The molecule has 0 radical (unpaired) electrons. The Morgan fingerprint density at radius 3 is 2.57 bits per heavy atom. The van der Waals surface area contributed by atoms with E-state index in [-0.39, 0.29) is 5.91 Å². The molecule has 30 heavy (non-hydrogen) atoms. The highest BCUT2D eigenvalue weighted by atomic mass is 16.2. The molecule has 2 aliphatic heterocycles. The highest BCUT2D eigenvalue weighted by Gasteiger charge is 2.24. The average Bonchev–Trinajstić information content (AvgIpc) is 3.41. The van der Waals surface area contributed by atoms with Crippen molar-refractivity contribution in [2.45, 2.75) is 19.3 Å². The summed E-state index contributed by atoms with van der Waals surface area (Å²) in [4.78, 5) is 28.2. The third-order valence-electron chi connectivity index (χ3n) is 6.05. The number of likely N-dealkylation sites (tertiary alicyclic amines) is 1. The third kappa shape index (κ3) is 3.75. The summed E-state index contributed by atoms with van der Waals surface area (Å²) in [7, 11) is 0. The summed E-state index contributed by atoms with van der Waals surface area (Å²) in [5.41, 5.74) is 1.80. The number of aromatic nitrogens is 4. The molecule has 0 N–H and O–H groups in total. The van der Waals surface area contributed by atoms with Gasteiger partial charge in [-0.3, -0.25) is 9.69 Å². The van der Waals surface area contributed by atoms with Crippen molar-refractivity contribution in [3.05, 3.63) is 42.9 Å². The van der Waals surface area contributed by atoms with Crippen LogP contribution in [-0.4, -0.2) is 81.3 Å². The molecule has 0 bridgehead atoms. The van der Waals surface area contributed by atoms with Crippen LogP contribution in [0, 0.1) is 0 Å². The van der Waals surface area contributed by atoms with E-state index >= 15 is 0 Å². The molecule has 1 amide bonds. The van der Waals surface area contributed by atoms with E-state index in [1.165, 1.54) is 0 Å². The van der Waals surface area contributed by atoms with Crippen LogP contribution >= 0.6 is 0 Å². The van der Waals surface area contributed by atoms with Crippen LogP contribution in [0.2, 0.25) is 0 Å². The van der Waals surface area contributed by atoms with Gasteiger partial charge in [0.1, 0.15) is 12.1 Å². The van der Waals surface area contributed by atoms with Crippen molar-refractivity contribution in [3.63, 3.8) is 0 Å². The number of para-hydroxylation sites is 1. The summed E-state index contributed by atoms with van der Waals surface area (Å²) in [6.45, 7) is 5.92. The first-order valence-electron chi connectivity index (χ1n) is 10.8. The number of carbonyl (C=O) groups is 1. The molecule has 2 aromatic heterocycles. The summed E-state index contributed by atoms with van der Waals surface area (Å²) >= 11 is 0. The molecule has 8 nitrogen and oxygen atoms in total. The first-order valence-corrected chi connectivity index (χ1v) is 10.8. The summed E-state index contributed by atoms with van der Waals surface area (Å²) < 4.78 is 1.86. The average molecular weight is 406 g/mol. The van der Waals surface area contributed by atoms with Crippen molar-refractivity contribution in [2.75, 3.05) is 50.7 Å². The van der Waals surface area contributed by atoms with Crippen molar-refractivity contribution in [2.24, 2.45) is 0 Å². The Labute approximate surface area is 176 Å². The zero-order chi connectivity index (χ0) is 20.3. The van der Waals surface area contributed by atoms with Crippen LogP contribution in [-0.2, 0) is 4.79 Å². The van der Waals surface area contributed by atoms with Gasteiger partial charge in [-0.15, -0.1) is 0 Å². The standard InChI is InChI=1S/C22H27N7O/c30-20(27-10-4-5-11-27)16-26-9-6-12-28(14-13-26)21-19-15-25-29(22(19)24-17-23-21)18-7-2-1-3-8-18/h1-3,7-8,15,17H,4-6,9-14,16H2. The fourth-order valence-electron chi connectivity index (χ4n) is 4.44. The van der Waals surface area contributed by atoms with Crippen LogP contribution in [0.1, 0.15) is 19.3 Å². The number of anilines is 1. The zero-order valence-corrected chi connectivity index (χ0v) is 17.2. The number of nitrogens with zero attached hydrogens (tertiary/aromatic N) is 7. The quantitative estimate of drug-likeness (QED) is 0.661. The summed E-state index contributed by atoms with van der Waals surface area (Å²) in [5.74, 6) is 1.20. The lowest BCUT2D eigenvalue weighted by Gasteiger charge is -2.24. The van der Waals surface area contributed by atoms with Gasteiger partial charge < -0.3 is 9.80 Å². The Balaban J connectivity index is 1.32. The molecule has 3 aromatic rings. The maximum Gasteiger partial charge on any atom is 0.236 e. The second-order valence-electron chi connectivity index (χ2n) is 8.03. The van der Waals surface area contributed by atoms with Gasteiger partial charge in [0.2, 0.25) is 5.91 Å². The van der Waals surface area contributed by atoms with Crippen LogP contribution in [0.5, 0.6) is 0 Å². The molecule has 0 spiro atoms. The number of benzene rings is 1. The van der Waals surface area contributed by atoms with E-state index in [1.54, 1.807) is 6.33 Å². The molecular formula is C22H27N7O. The monoisotopic (exact) mass is 405 g/mol. The largest absolute Gasteiger partial charge is 0.355 e. The van der Waals surface area contributed by atoms with Crippen molar-refractivity contribution >= 4 is 22.8 Å². The molecule has 0 saturated carbocycles. The lowest BCUT2D eigenvalue weighted by molar-refractivity contribution is -0.131. The maximum absolute atomic E-state index is 12.5. The normalized spacial score (nSPS) is 18.1. The molecule has 1 aromatic carbocycles. The number of fused-ring (bicyclic) bond motifs is 1.